The summed E-state index contributed by atoms with van der Waals surface area (Å²) in [6.45, 7) is 0. The van der Waals surface area contributed by atoms with E-state index >= 15 is 0 Å². The SMILES string of the molecule is CNC(Cc1cc(Br)ccc1OC)c1ccncc1. The summed E-state index contributed by atoms with van der Waals surface area (Å²) < 4.78 is 6.48. The smallest absolute Gasteiger partial charge is 0.122 e. The number of hydrogen-bond acceptors (Lipinski definition) is 3. The fourth-order valence-electron chi connectivity index (χ4n) is 2.11. The normalized spacial score (nSPS) is 12.2. The Morgan fingerprint density at radius 1 is 1.26 bits per heavy atom. The molecule has 100 valence electrons. The maximum absolute atomic E-state index is 5.42. The third-order valence-corrected chi connectivity index (χ3v) is 3.62. The number of methoxy groups -OCH3 is 1. The summed E-state index contributed by atoms with van der Waals surface area (Å²) in [5.74, 6) is 0.914. The monoisotopic (exact) mass is 320 g/mol. The van der Waals surface area contributed by atoms with Gasteiger partial charge in [-0.2, -0.15) is 0 Å². The van der Waals surface area contributed by atoms with Gasteiger partial charge in [-0.25, -0.2) is 0 Å². The minimum Gasteiger partial charge on any atom is -0.496 e. The first-order chi connectivity index (χ1) is 9.24. The van der Waals surface area contributed by atoms with E-state index in [1.54, 1.807) is 7.11 Å². The van der Waals surface area contributed by atoms with Crippen molar-refractivity contribution in [2.45, 2.75) is 12.5 Å². The molecule has 0 spiro atoms. The molecule has 0 saturated heterocycles. The van der Waals surface area contributed by atoms with E-state index in [2.05, 4.69) is 32.3 Å². The molecule has 1 N–H and O–H groups in total. The van der Waals surface area contributed by atoms with Crippen LogP contribution in [0.5, 0.6) is 5.75 Å². The lowest BCUT2D eigenvalue weighted by molar-refractivity contribution is 0.406. The molecule has 0 amide bonds. The topological polar surface area (TPSA) is 34.1 Å². The van der Waals surface area contributed by atoms with Gasteiger partial charge in [-0.3, -0.25) is 4.98 Å². The summed E-state index contributed by atoms with van der Waals surface area (Å²) in [6.07, 6.45) is 4.50. The van der Waals surface area contributed by atoms with Crippen LogP contribution < -0.4 is 10.1 Å². The maximum atomic E-state index is 5.42. The molecule has 0 radical (unpaired) electrons. The number of aromatic nitrogens is 1. The van der Waals surface area contributed by atoms with Crippen LogP contribution in [0.2, 0.25) is 0 Å². The quantitative estimate of drug-likeness (QED) is 0.917. The second-order valence-electron chi connectivity index (χ2n) is 4.28. The number of nitrogens with one attached hydrogen (secondary N) is 1. The Morgan fingerprint density at radius 2 is 2.00 bits per heavy atom. The first-order valence-electron chi connectivity index (χ1n) is 6.14. The van der Waals surface area contributed by atoms with Gasteiger partial charge >= 0.3 is 0 Å². The van der Waals surface area contributed by atoms with Gasteiger partial charge in [-0.15, -0.1) is 0 Å². The lowest BCUT2D eigenvalue weighted by atomic mass is 9.99. The molecule has 0 aliphatic heterocycles. The van der Waals surface area contributed by atoms with Gasteiger partial charge in [0, 0.05) is 22.9 Å². The molecule has 1 heterocycles. The van der Waals surface area contributed by atoms with Crippen molar-refractivity contribution in [1.29, 1.82) is 0 Å². The Kier molecular flexibility index (Phi) is 4.93. The molecule has 0 aliphatic rings. The molecule has 2 rings (SSSR count). The molecule has 2 aromatic rings. The predicted molar refractivity (Wildman–Crippen MR) is 80.4 cm³/mol. The van der Waals surface area contributed by atoms with E-state index in [-0.39, 0.29) is 6.04 Å². The van der Waals surface area contributed by atoms with Crippen molar-refractivity contribution in [3.05, 3.63) is 58.3 Å². The number of hydrogen-bond donors (Lipinski definition) is 1. The summed E-state index contributed by atoms with van der Waals surface area (Å²) >= 11 is 3.51. The van der Waals surface area contributed by atoms with Gasteiger partial charge in [0.1, 0.15) is 5.75 Å². The number of benzene rings is 1. The minimum absolute atomic E-state index is 0.242. The van der Waals surface area contributed by atoms with Crippen LogP contribution >= 0.6 is 15.9 Å². The molecule has 1 unspecified atom stereocenters. The molecule has 1 aromatic heterocycles. The van der Waals surface area contributed by atoms with E-state index in [0.29, 0.717) is 0 Å². The van der Waals surface area contributed by atoms with Gasteiger partial charge in [-0.05, 0) is 54.9 Å². The van der Waals surface area contributed by atoms with E-state index in [1.165, 1.54) is 11.1 Å². The largest absolute Gasteiger partial charge is 0.496 e. The standard InChI is InChI=1S/C15H17BrN2O/c1-17-14(11-5-7-18-8-6-11)10-12-9-13(16)3-4-15(12)19-2/h3-9,14,17H,10H2,1-2H3. The van der Waals surface area contributed by atoms with Crippen LogP contribution in [0.3, 0.4) is 0 Å². The second kappa shape index (κ2) is 6.68. The van der Waals surface area contributed by atoms with Gasteiger partial charge in [0.05, 0.1) is 7.11 Å². The predicted octanol–water partition coefficient (Wildman–Crippen LogP) is 3.36. The molecular weight excluding hydrogens is 304 g/mol. The highest BCUT2D eigenvalue weighted by molar-refractivity contribution is 9.10. The van der Waals surface area contributed by atoms with Gasteiger partial charge in [0.2, 0.25) is 0 Å². The van der Waals surface area contributed by atoms with Crippen LogP contribution in [-0.2, 0) is 6.42 Å². The third-order valence-electron chi connectivity index (χ3n) is 3.12. The van der Waals surface area contributed by atoms with E-state index in [0.717, 1.165) is 16.6 Å². The Labute approximate surface area is 122 Å². The molecule has 1 atom stereocenters. The van der Waals surface area contributed by atoms with Crippen LogP contribution in [0.25, 0.3) is 0 Å². The Balaban J connectivity index is 2.26. The fourth-order valence-corrected chi connectivity index (χ4v) is 2.52. The van der Waals surface area contributed by atoms with E-state index in [9.17, 15) is 0 Å². The van der Waals surface area contributed by atoms with Crippen LogP contribution in [0, 0.1) is 0 Å². The number of pyridine rings is 1. The van der Waals surface area contributed by atoms with Gasteiger partial charge < -0.3 is 10.1 Å². The van der Waals surface area contributed by atoms with E-state index in [4.69, 9.17) is 4.74 Å². The Hall–Kier alpha value is -1.39. The van der Waals surface area contributed by atoms with Crippen molar-refractivity contribution in [2.75, 3.05) is 14.2 Å². The fraction of sp³-hybridized carbons (Fsp3) is 0.267. The highest BCUT2D eigenvalue weighted by Gasteiger charge is 2.13. The van der Waals surface area contributed by atoms with Crippen LogP contribution in [0.1, 0.15) is 17.2 Å². The number of likely N-dealkylation sites (N-methyl/N-ethyl adjacent to an activating group) is 1. The molecule has 0 fully saturated rings. The maximum Gasteiger partial charge on any atom is 0.122 e. The average Bonchev–Trinajstić information content (AvgIpc) is 2.46. The van der Waals surface area contributed by atoms with Crippen molar-refractivity contribution in [3.8, 4) is 5.75 Å². The zero-order valence-electron chi connectivity index (χ0n) is 11.1. The minimum atomic E-state index is 0.242. The van der Waals surface area contributed by atoms with Crippen LogP contribution in [-0.4, -0.2) is 19.1 Å². The summed E-state index contributed by atoms with van der Waals surface area (Å²) in [5.41, 5.74) is 2.40. The number of rotatable bonds is 5. The summed E-state index contributed by atoms with van der Waals surface area (Å²) in [4.78, 5) is 4.06. The van der Waals surface area contributed by atoms with Crippen LogP contribution in [0.15, 0.2) is 47.2 Å². The molecule has 1 aromatic carbocycles. The number of halogens is 1. The van der Waals surface area contributed by atoms with Gasteiger partial charge in [-0.1, -0.05) is 15.9 Å². The average molecular weight is 321 g/mol. The highest BCUT2D eigenvalue weighted by Crippen LogP contribution is 2.27. The molecule has 4 heteroatoms. The van der Waals surface area contributed by atoms with Crippen molar-refractivity contribution in [3.63, 3.8) is 0 Å². The third kappa shape index (κ3) is 3.55. The molecular formula is C15H17BrN2O. The summed E-state index contributed by atoms with van der Waals surface area (Å²) in [6, 6.07) is 10.4. The van der Waals surface area contributed by atoms with Crippen molar-refractivity contribution in [2.24, 2.45) is 0 Å². The van der Waals surface area contributed by atoms with E-state index < -0.39 is 0 Å². The van der Waals surface area contributed by atoms with Crippen molar-refractivity contribution < 1.29 is 4.74 Å². The Morgan fingerprint density at radius 3 is 2.63 bits per heavy atom. The lowest BCUT2D eigenvalue weighted by Gasteiger charge is -2.18. The summed E-state index contributed by atoms with van der Waals surface area (Å²) in [5, 5.41) is 3.34. The molecule has 0 saturated carbocycles. The first kappa shape index (κ1) is 14.0. The van der Waals surface area contributed by atoms with Crippen molar-refractivity contribution >= 4 is 15.9 Å². The lowest BCUT2D eigenvalue weighted by Crippen LogP contribution is -2.19. The second-order valence-corrected chi connectivity index (χ2v) is 5.20. The van der Waals surface area contributed by atoms with Crippen LogP contribution in [0.4, 0.5) is 0 Å². The number of nitrogens with zero attached hydrogens (tertiary/aromatic N) is 1. The molecule has 3 nitrogen and oxygen atoms in total. The molecule has 0 aliphatic carbocycles. The van der Waals surface area contributed by atoms with Gasteiger partial charge in [0.25, 0.3) is 0 Å². The molecule has 19 heavy (non-hydrogen) atoms. The zero-order chi connectivity index (χ0) is 13.7. The number of ether oxygens (including phenoxy) is 1. The highest BCUT2D eigenvalue weighted by atomic mass is 79.9. The van der Waals surface area contributed by atoms with Crippen molar-refractivity contribution in [1.82, 2.24) is 10.3 Å². The first-order valence-corrected chi connectivity index (χ1v) is 6.93. The molecule has 0 bridgehead atoms. The Bertz CT molecular complexity index is 531. The zero-order valence-corrected chi connectivity index (χ0v) is 12.6. The van der Waals surface area contributed by atoms with E-state index in [1.807, 2.05) is 43.7 Å². The summed E-state index contributed by atoms with van der Waals surface area (Å²) in [7, 11) is 3.67. The van der Waals surface area contributed by atoms with Gasteiger partial charge in [0.15, 0.2) is 0 Å².